The van der Waals surface area contributed by atoms with Gasteiger partial charge in [-0.15, -0.1) is 0 Å². The highest BCUT2D eigenvalue weighted by Gasteiger charge is 2.15. The van der Waals surface area contributed by atoms with Crippen LogP contribution in [-0.2, 0) is 16.6 Å². The highest BCUT2D eigenvalue weighted by molar-refractivity contribution is 7.89. The maximum absolute atomic E-state index is 12.0. The highest BCUT2D eigenvalue weighted by Crippen LogP contribution is 2.14. The summed E-state index contributed by atoms with van der Waals surface area (Å²) >= 11 is 0. The predicted octanol–water partition coefficient (Wildman–Crippen LogP) is 1.35. The van der Waals surface area contributed by atoms with E-state index in [-0.39, 0.29) is 11.4 Å². The summed E-state index contributed by atoms with van der Waals surface area (Å²) in [5.74, 6) is 1.01. The minimum atomic E-state index is -3.61. The van der Waals surface area contributed by atoms with Crippen molar-refractivity contribution in [3.63, 3.8) is 0 Å². The summed E-state index contributed by atoms with van der Waals surface area (Å²) in [5, 5.41) is 0. The van der Waals surface area contributed by atoms with E-state index in [2.05, 4.69) is 9.71 Å². The lowest BCUT2D eigenvalue weighted by molar-refractivity contribution is 0.463. The Morgan fingerprint density at radius 3 is 2.68 bits per heavy atom. The number of nitrogens with zero attached hydrogens (tertiary/aromatic N) is 1. The van der Waals surface area contributed by atoms with Crippen molar-refractivity contribution >= 4 is 15.7 Å². The Morgan fingerprint density at radius 1 is 1.37 bits per heavy atom. The first-order valence-corrected chi connectivity index (χ1v) is 7.15. The third-order valence-electron chi connectivity index (χ3n) is 2.65. The quantitative estimate of drug-likeness (QED) is 0.824. The first-order valence-electron chi connectivity index (χ1n) is 5.66. The van der Waals surface area contributed by atoms with Crippen molar-refractivity contribution in [1.29, 1.82) is 0 Å². The van der Waals surface area contributed by atoms with Crippen molar-refractivity contribution in [2.45, 2.75) is 25.3 Å². The maximum atomic E-state index is 12.0. The molecule has 0 unspecified atom stereocenters. The molecule has 0 saturated carbocycles. The number of aryl methyl sites for hydroxylation is 2. The minimum absolute atomic E-state index is 0.00577. The lowest BCUT2D eigenvalue weighted by Gasteiger charge is -2.05. The summed E-state index contributed by atoms with van der Waals surface area (Å²) in [5.41, 5.74) is 6.71. The van der Waals surface area contributed by atoms with Gasteiger partial charge in [0, 0.05) is 5.69 Å². The number of hydrogen-bond donors (Lipinski definition) is 2. The molecule has 0 saturated heterocycles. The molecule has 19 heavy (non-hydrogen) atoms. The fraction of sp³-hybridized carbons (Fsp3) is 0.250. The number of nitrogens with two attached hydrogens (primary N) is 1. The van der Waals surface area contributed by atoms with Crippen LogP contribution < -0.4 is 10.5 Å². The molecule has 1 aromatic carbocycles. The molecule has 3 N–H and O–H groups in total. The summed E-state index contributed by atoms with van der Waals surface area (Å²) in [7, 11) is -3.61. The van der Waals surface area contributed by atoms with Crippen LogP contribution in [-0.4, -0.2) is 13.4 Å². The van der Waals surface area contributed by atoms with E-state index in [1.807, 2.05) is 0 Å². The van der Waals surface area contributed by atoms with Gasteiger partial charge in [-0.25, -0.2) is 18.1 Å². The molecule has 2 rings (SSSR count). The Hall–Kier alpha value is -1.86. The van der Waals surface area contributed by atoms with Crippen molar-refractivity contribution in [2.75, 3.05) is 5.73 Å². The fourth-order valence-corrected chi connectivity index (χ4v) is 2.57. The van der Waals surface area contributed by atoms with E-state index in [1.54, 1.807) is 26.0 Å². The zero-order valence-electron chi connectivity index (χ0n) is 10.7. The summed E-state index contributed by atoms with van der Waals surface area (Å²) in [6.45, 7) is 3.58. The molecule has 7 heteroatoms. The van der Waals surface area contributed by atoms with Crippen molar-refractivity contribution in [1.82, 2.24) is 9.71 Å². The van der Waals surface area contributed by atoms with E-state index < -0.39 is 10.0 Å². The molecule has 1 heterocycles. The maximum Gasteiger partial charge on any atom is 0.241 e. The van der Waals surface area contributed by atoms with E-state index in [0.29, 0.717) is 17.3 Å². The summed E-state index contributed by atoms with van der Waals surface area (Å²) in [6.07, 6.45) is 0. The summed E-state index contributed by atoms with van der Waals surface area (Å²) in [4.78, 5) is 4.22. The second kappa shape index (κ2) is 5.02. The molecule has 0 bridgehead atoms. The Bertz CT molecular complexity index is 672. The van der Waals surface area contributed by atoms with Crippen LogP contribution in [0.1, 0.15) is 17.3 Å². The van der Waals surface area contributed by atoms with Gasteiger partial charge in [-0.2, -0.15) is 0 Å². The summed E-state index contributed by atoms with van der Waals surface area (Å²) < 4.78 is 31.8. The van der Waals surface area contributed by atoms with E-state index in [9.17, 15) is 8.42 Å². The molecule has 0 aliphatic heterocycles. The van der Waals surface area contributed by atoms with E-state index in [0.717, 1.165) is 5.69 Å². The molecule has 0 amide bonds. The van der Waals surface area contributed by atoms with Gasteiger partial charge in [0.05, 0.1) is 17.1 Å². The molecule has 0 radical (unpaired) electrons. The van der Waals surface area contributed by atoms with Crippen LogP contribution in [0.2, 0.25) is 0 Å². The molecule has 0 atom stereocenters. The second-order valence-electron chi connectivity index (χ2n) is 4.15. The molecular weight excluding hydrogens is 266 g/mol. The Balaban J connectivity index is 2.14. The number of oxazole rings is 1. The lowest BCUT2D eigenvalue weighted by Crippen LogP contribution is -2.23. The number of hydrogen-bond acceptors (Lipinski definition) is 5. The van der Waals surface area contributed by atoms with E-state index in [1.165, 1.54) is 12.1 Å². The van der Waals surface area contributed by atoms with Crippen molar-refractivity contribution < 1.29 is 12.8 Å². The summed E-state index contributed by atoms with van der Waals surface area (Å²) in [6, 6.07) is 6.09. The van der Waals surface area contributed by atoms with Gasteiger partial charge in [-0.3, -0.25) is 0 Å². The van der Waals surface area contributed by atoms with Crippen molar-refractivity contribution in [2.24, 2.45) is 0 Å². The van der Waals surface area contributed by atoms with Crippen LogP contribution in [0.25, 0.3) is 0 Å². The van der Waals surface area contributed by atoms with Crippen LogP contribution in [0.3, 0.4) is 0 Å². The number of sulfonamides is 1. The van der Waals surface area contributed by atoms with Crippen molar-refractivity contribution in [3.8, 4) is 0 Å². The van der Waals surface area contributed by atoms with Gasteiger partial charge in [0.2, 0.25) is 15.9 Å². The molecule has 0 aliphatic carbocycles. The Kier molecular flexibility index (Phi) is 3.59. The number of nitrogen functional groups attached to an aromatic ring is 1. The van der Waals surface area contributed by atoms with Gasteiger partial charge in [-0.05, 0) is 32.0 Å². The number of aromatic nitrogens is 1. The van der Waals surface area contributed by atoms with Gasteiger partial charge < -0.3 is 10.2 Å². The number of nitrogens with one attached hydrogen (secondary N) is 1. The van der Waals surface area contributed by atoms with Gasteiger partial charge >= 0.3 is 0 Å². The van der Waals surface area contributed by atoms with Gasteiger partial charge in [0.15, 0.2) is 0 Å². The minimum Gasteiger partial charge on any atom is -0.444 e. The Morgan fingerprint density at radius 2 is 2.11 bits per heavy atom. The second-order valence-corrected chi connectivity index (χ2v) is 5.91. The molecule has 102 valence electrons. The molecule has 2 aromatic rings. The molecule has 0 fully saturated rings. The molecule has 0 spiro atoms. The van der Waals surface area contributed by atoms with Crippen LogP contribution >= 0.6 is 0 Å². The van der Waals surface area contributed by atoms with Crippen LogP contribution in [0.15, 0.2) is 33.6 Å². The monoisotopic (exact) mass is 281 g/mol. The average molecular weight is 281 g/mol. The predicted molar refractivity (Wildman–Crippen MR) is 70.9 cm³/mol. The molecule has 1 aromatic heterocycles. The topological polar surface area (TPSA) is 98.2 Å². The number of anilines is 1. The highest BCUT2D eigenvalue weighted by atomic mass is 32.2. The largest absolute Gasteiger partial charge is 0.444 e. The Labute approximate surface area is 111 Å². The van der Waals surface area contributed by atoms with E-state index in [4.69, 9.17) is 10.2 Å². The van der Waals surface area contributed by atoms with Crippen LogP contribution in [0, 0.1) is 13.8 Å². The van der Waals surface area contributed by atoms with Gasteiger partial charge in [0.1, 0.15) is 5.76 Å². The average Bonchev–Trinajstić information content (AvgIpc) is 2.67. The number of rotatable bonds is 4. The first kappa shape index (κ1) is 13.6. The van der Waals surface area contributed by atoms with E-state index >= 15 is 0 Å². The lowest BCUT2D eigenvalue weighted by atomic mass is 10.3. The zero-order valence-corrected chi connectivity index (χ0v) is 11.5. The van der Waals surface area contributed by atoms with Gasteiger partial charge in [-0.1, -0.05) is 6.07 Å². The SMILES string of the molecule is Cc1nc(CNS(=O)(=O)c2cccc(N)c2)oc1C. The van der Waals surface area contributed by atoms with Crippen molar-refractivity contribution in [3.05, 3.63) is 41.6 Å². The third-order valence-corrected chi connectivity index (χ3v) is 4.05. The van der Waals surface area contributed by atoms with Gasteiger partial charge in [0.25, 0.3) is 0 Å². The number of benzene rings is 1. The smallest absolute Gasteiger partial charge is 0.241 e. The normalized spacial score (nSPS) is 11.7. The third kappa shape index (κ3) is 3.12. The molecular formula is C12H15N3O3S. The zero-order chi connectivity index (χ0) is 14.0. The standard InChI is InChI=1S/C12H15N3O3S/c1-8-9(2)18-12(15-8)7-14-19(16,17)11-5-3-4-10(13)6-11/h3-6,14H,7,13H2,1-2H3. The first-order chi connectivity index (χ1) is 8.88. The van der Waals surface area contributed by atoms with Crippen LogP contribution in [0.4, 0.5) is 5.69 Å². The van der Waals surface area contributed by atoms with Crippen LogP contribution in [0.5, 0.6) is 0 Å². The molecule has 0 aliphatic rings. The fourth-order valence-electron chi connectivity index (χ4n) is 1.54. The molecule has 6 nitrogen and oxygen atoms in total.